The fraction of sp³-hybridized carbons (Fsp3) is 0.444. The molecule has 1 aromatic heterocycles. The minimum atomic E-state index is 0.182. The van der Waals surface area contributed by atoms with Crippen molar-refractivity contribution < 1.29 is 4.79 Å². The van der Waals surface area contributed by atoms with E-state index in [-0.39, 0.29) is 5.92 Å². The van der Waals surface area contributed by atoms with Gasteiger partial charge in [-0.05, 0) is 68.2 Å². The topological polar surface area (TPSA) is 31.7 Å². The molecule has 33 heavy (non-hydrogen) atoms. The maximum atomic E-state index is 13.0. The zero-order valence-corrected chi connectivity index (χ0v) is 20.2. The first-order valence-electron chi connectivity index (χ1n) is 12.1. The third-order valence-electron chi connectivity index (χ3n) is 7.26. The van der Waals surface area contributed by atoms with Crippen LogP contribution in [-0.4, -0.2) is 71.5 Å². The standard InChI is InChI=1S/C27H33ClN4O/c1-29-13-15-31(16-14-29)27(33)22-9-11-30(12-10-22)20-25-18-23-6-2-3-8-26(23)32(25)19-21-5-4-7-24(28)17-21/h2-8,17-18,22H,9-16,19-20H2,1H3. The fourth-order valence-corrected chi connectivity index (χ4v) is 5.47. The van der Waals surface area contributed by atoms with Crippen LogP contribution in [0.5, 0.6) is 0 Å². The molecular formula is C27H33ClN4O. The molecule has 0 spiro atoms. The van der Waals surface area contributed by atoms with E-state index in [1.807, 2.05) is 12.1 Å². The molecule has 2 aliphatic rings. The highest BCUT2D eigenvalue weighted by molar-refractivity contribution is 6.30. The number of benzene rings is 2. The average Bonchev–Trinajstić information content (AvgIpc) is 3.16. The Morgan fingerprint density at radius 2 is 1.67 bits per heavy atom. The van der Waals surface area contributed by atoms with Crippen LogP contribution in [0.1, 0.15) is 24.1 Å². The number of para-hydroxylation sites is 1. The summed E-state index contributed by atoms with van der Waals surface area (Å²) >= 11 is 6.25. The molecule has 1 amide bonds. The number of nitrogens with zero attached hydrogens (tertiary/aromatic N) is 4. The number of carbonyl (C=O) groups is 1. The summed E-state index contributed by atoms with van der Waals surface area (Å²) in [5.41, 5.74) is 3.79. The van der Waals surface area contributed by atoms with Crippen molar-refractivity contribution in [1.82, 2.24) is 19.3 Å². The van der Waals surface area contributed by atoms with E-state index in [1.54, 1.807) is 0 Å². The summed E-state index contributed by atoms with van der Waals surface area (Å²) in [4.78, 5) is 19.9. The van der Waals surface area contributed by atoms with E-state index >= 15 is 0 Å². The summed E-state index contributed by atoms with van der Waals surface area (Å²) in [5, 5.41) is 2.05. The van der Waals surface area contributed by atoms with Gasteiger partial charge in [-0.3, -0.25) is 9.69 Å². The molecule has 0 unspecified atom stereocenters. The van der Waals surface area contributed by atoms with Crippen molar-refractivity contribution in [2.75, 3.05) is 46.3 Å². The second-order valence-electron chi connectivity index (χ2n) is 9.59. The maximum absolute atomic E-state index is 13.0. The van der Waals surface area contributed by atoms with Gasteiger partial charge in [0.2, 0.25) is 5.91 Å². The SMILES string of the molecule is CN1CCN(C(=O)C2CCN(Cc3cc4ccccc4n3Cc3cccc(Cl)c3)CC2)CC1. The van der Waals surface area contributed by atoms with E-state index in [0.29, 0.717) is 5.91 Å². The summed E-state index contributed by atoms with van der Waals surface area (Å²) < 4.78 is 2.42. The smallest absolute Gasteiger partial charge is 0.225 e. The largest absolute Gasteiger partial charge is 0.340 e. The second-order valence-corrected chi connectivity index (χ2v) is 10.0. The van der Waals surface area contributed by atoms with E-state index in [2.05, 4.69) is 68.8 Å². The van der Waals surface area contributed by atoms with Crippen LogP contribution < -0.4 is 0 Å². The van der Waals surface area contributed by atoms with Gasteiger partial charge in [-0.1, -0.05) is 41.9 Å². The normalized spacial score (nSPS) is 18.8. The van der Waals surface area contributed by atoms with Gasteiger partial charge in [0, 0.05) is 61.4 Å². The molecule has 3 aromatic rings. The lowest BCUT2D eigenvalue weighted by Crippen LogP contribution is -2.50. The number of piperidine rings is 1. The van der Waals surface area contributed by atoms with Crippen molar-refractivity contribution in [2.45, 2.75) is 25.9 Å². The Morgan fingerprint density at radius 1 is 0.909 bits per heavy atom. The highest BCUT2D eigenvalue weighted by atomic mass is 35.5. The molecule has 3 heterocycles. The molecule has 0 saturated carbocycles. The quantitative estimate of drug-likeness (QED) is 0.563. The van der Waals surface area contributed by atoms with Crippen LogP contribution in [0.4, 0.5) is 0 Å². The number of aromatic nitrogens is 1. The van der Waals surface area contributed by atoms with Crippen molar-refractivity contribution >= 4 is 28.4 Å². The van der Waals surface area contributed by atoms with Crippen LogP contribution >= 0.6 is 11.6 Å². The van der Waals surface area contributed by atoms with Crippen molar-refractivity contribution in [2.24, 2.45) is 5.92 Å². The third-order valence-corrected chi connectivity index (χ3v) is 7.50. The first-order valence-corrected chi connectivity index (χ1v) is 12.5. The van der Waals surface area contributed by atoms with Gasteiger partial charge in [0.25, 0.3) is 0 Å². The Balaban J connectivity index is 1.27. The molecule has 6 heteroatoms. The highest BCUT2D eigenvalue weighted by Gasteiger charge is 2.30. The number of likely N-dealkylation sites (N-methyl/N-ethyl adjacent to an activating group) is 1. The molecule has 0 radical (unpaired) electrons. The molecule has 5 rings (SSSR count). The predicted molar refractivity (Wildman–Crippen MR) is 135 cm³/mol. The lowest BCUT2D eigenvalue weighted by molar-refractivity contribution is -0.138. The van der Waals surface area contributed by atoms with E-state index in [0.717, 1.165) is 70.2 Å². The number of rotatable bonds is 5. The number of likely N-dealkylation sites (tertiary alicyclic amines) is 1. The maximum Gasteiger partial charge on any atom is 0.225 e. The second kappa shape index (κ2) is 9.88. The van der Waals surface area contributed by atoms with E-state index in [4.69, 9.17) is 11.6 Å². The lowest BCUT2D eigenvalue weighted by Gasteiger charge is -2.37. The van der Waals surface area contributed by atoms with Gasteiger partial charge in [0.05, 0.1) is 0 Å². The van der Waals surface area contributed by atoms with Gasteiger partial charge in [-0.25, -0.2) is 0 Å². The summed E-state index contributed by atoms with van der Waals surface area (Å²) in [6.45, 7) is 7.39. The van der Waals surface area contributed by atoms with Crippen LogP contribution in [0, 0.1) is 5.92 Å². The van der Waals surface area contributed by atoms with Gasteiger partial charge >= 0.3 is 0 Å². The first kappa shape index (κ1) is 22.5. The summed E-state index contributed by atoms with van der Waals surface area (Å²) in [7, 11) is 2.13. The highest BCUT2D eigenvalue weighted by Crippen LogP contribution is 2.26. The van der Waals surface area contributed by atoms with Crippen LogP contribution in [0.2, 0.25) is 5.02 Å². The first-order chi connectivity index (χ1) is 16.1. The van der Waals surface area contributed by atoms with Crippen molar-refractivity contribution in [3.8, 4) is 0 Å². The zero-order chi connectivity index (χ0) is 22.8. The van der Waals surface area contributed by atoms with Gasteiger partial charge in [0.15, 0.2) is 0 Å². The molecule has 174 valence electrons. The third kappa shape index (κ3) is 5.11. The molecule has 2 saturated heterocycles. The van der Waals surface area contributed by atoms with Crippen molar-refractivity contribution in [3.63, 3.8) is 0 Å². The number of hydrogen-bond donors (Lipinski definition) is 0. The molecule has 0 aliphatic carbocycles. The number of hydrogen-bond acceptors (Lipinski definition) is 3. The fourth-order valence-electron chi connectivity index (χ4n) is 5.26. The molecule has 0 bridgehead atoms. The Hall–Kier alpha value is -2.34. The van der Waals surface area contributed by atoms with Gasteiger partial charge in [-0.2, -0.15) is 0 Å². The number of amides is 1. The van der Waals surface area contributed by atoms with Crippen LogP contribution in [-0.2, 0) is 17.9 Å². The Labute approximate surface area is 201 Å². The van der Waals surface area contributed by atoms with Gasteiger partial charge < -0.3 is 14.4 Å². The lowest BCUT2D eigenvalue weighted by atomic mass is 9.95. The average molecular weight is 465 g/mol. The Morgan fingerprint density at radius 3 is 2.42 bits per heavy atom. The monoisotopic (exact) mass is 464 g/mol. The predicted octanol–water partition coefficient (Wildman–Crippen LogP) is 4.33. The number of piperazine rings is 1. The van der Waals surface area contributed by atoms with Crippen LogP contribution in [0.3, 0.4) is 0 Å². The minimum Gasteiger partial charge on any atom is -0.340 e. The molecular weight excluding hydrogens is 432 g/mol. The van der Waals surface area contributed by atoms with Crippen LogP contribution in [0.15, 0.2) is 54.6 Å². The van der Waals surface area contributed by atoms with E-state index < -0.39 is 0 Å². The van der Waals surface area contributed by atoms with Crippen molar-refractivity contribution in [1.29, 1.82) is 0 Å². The Kier molecular flexibility index (Phi) is 6.72. The van der Waals surface area contributed by atoms with Crippen molar-refractivity contribution in [3.05, 3.63) is 70.9 Å². The molecule has 2 aliphatic heterocycles. The van der Waals surface area contributed by atoms with Gasteiger partial charge in [0.1, 0.15) is 0 Å². The number of halogens is 1. The zero-order valence-electron chi connectivity index (χ0n) is 19.4. The number of fused-ring (bicyclic) bond motifs is 1. The van der Waals surface area contributed by atoms with Gasteiger partial charge in [-0.15, -0.1) is 0 Å². The molecule has 0 N–H and O–H groups in total. The van der Waals surface area contributed by atoms with E-state index in [1.165, 1.54) is 22.2 Å². The summed E-state index contributed by atoms with van der Waals surface area (Å²) in [6.07, 6.45) is 1.92. The summed E-state index contributed by atoms with van der Waals surface area (Å²) in [6, 6.07) is 19.1. The number of carbonyl (C=O) groups excluding carboxylic acids is 1. The Bertz CT molecular complexity index is 1110. The van der Waals surface area contributed by atoms with Crippen LogP contribution in [0.25, 0.3) is 10.9 Å². The summed E-state index contributed by atoms with van der Waals surface area (Å²) in [5.74, 6) is 0.555. The molecule has 0 atom stereocenters. The molecule has 2 aromatic carbocycles. The van der Waals surface area contributed by atoms with E-state index in [9.17, 15) is 4.79 Å². The molecule has 2 fully saturated rings. The molecule has 5 nitrogen and oxygen atoms in total. The minimum absolute atomic E-state index is 0.182.